The predicted molar refractivity (Wildman–Crippen MR) is 85.1 cm³/mol. The molecule has 0 aromatic heterocycles. The molecule has 2 aromatic carbocycles. The molecule has 2 aromatic rings. The van der Waals surface area contributed by atoms with Crippen molar-refractivity contribution < 1.29 is 5.11 Å². The first-order valence-electron chi connectivity index (χ1n) is 7.26. The van der Waals surface area contributed by atoms with Crippen molar-refractivity contribution in [2.45, 2.75) is 26.4 Å². The molecule has 1 N–H and O–H groups in total. The third kappa shape index (κ3) is 3.61. The number of anilines is 1. The Morgan fingerprint density at radius 2 is 1.65 bits per heavy atom. The van der Waals surface area contributed by atoms with Gasteiger partial charge in [0.25, 0.3) is 0 Å². The van der Waals surface area contributed by atoms with Gasteiger partial charge in [-0.1, -0.05) is 42.5 Å². The second-order valence-corrected chi connectivity index (χ2v) is 5.08. The van der Waals surface area contributed by atoms with Gasteiger partial charge >= 0.3 is 0 Å². The molecular formula is C18H23NO. The van der Waals surface area contributed by atoms with Crippen LogP contribution < -0.4 is 4.90 Å². The van der Waals surface area contributed by atoms with E-state index in [-0.39, 0.29) is 0 Å². The van der Waals surface area contributed by atoms with Crippen LogP contribution in [-0.2, 0) is 0 Å². The normalized spacial score (nSPS) is 12.2. The summed E-state index contributed by atoms with van der Waals surface area (Å²) in [4.78, 5) is 2.29. The van der Waals surface area contributed by atoms with Crippen molar-refractivity contribution in [3.8, 4) is 0 Å². The molecule has 1 unspecified atom stereocenters. The minimum Gasteiger partial charge on any atom is -0.388 e. The molecule has 0 aliphatic rings. The zero-order chi connectivity index (χ0) is 14.4. The average Bonchev–Trinajstić information content (AvgIpc) is 2.49. The highest BCUT2D eigenvalue weighted by Crippen LogP contribution is 2.22. The summed E-state index contributed by atoms with van der Waals surface area (Å²) in [6.07, 6.45) is 0.349. The van der Waals surface area contributed by atoms with Crippen LogP contribution in [0.25, 0.3) is 0 Å². The lowest BCUT2D eigenvalue weighted by Gasteiger charge is -2.25. The third-order valence-corrected chi connectivity index (χ3v) is 3.72. The fraction of sp³-hybridized carbons (Fsp3) is 0.333. The Morgan fingerprint density at radius 3 is 2.30 bits per heavy atom. The molecule has 0 aliphatic carbocycles. The van der Waals surface area contributed by atoms with Crippen molar-refractivity contribution >= 4 is 5.69 Å². The van der Waals surface area contributed by atoms with Crippen molar-refractivity contribution in [3.63, 3.8) is 0 Å². The molecule has 0 fully saturated rings. The lowest BCUT2D eigenvalue weighted by molar-refractivity contribution is 0.169. The first-order chi connectivity index (χ1) is 9.72. The Balaban J connectivity index is 1.99. The average molecular weight is 269 g/mol. The van der Waals surface area contributed by atoms with Crippen LogP contribution in [-0.4, -0.2) is 18.2 Å². The van der Waals surface area contributed by atoms with Crippen molar-refractivity contribution in [1.82, 2.24) is 0 Å². The molecule has 2 nitrogen and oxygen atoms in total. The summed E-state index contributed by atoms with van der Waals surface area (Å²) in [5, 5.41) is 10.4. The highest BCUT2D eigenvalue weighted by atomic mass is 16.3. The molecule has 2 heteroatoms. The maximum Gasteiger partial charge on any atom is 0.0809 e. The molecule has 1 atom stereocenters. The summed E-state index contributed by atoms with van der Waals surface area (Å²) in [5.41, 5.74) is 3.41. The van der Waals surface area contributed by atoms with Crippen molar-refractivity contribution in [1.29, 1.82) is 0 Å². The van der Waals surface area contributed by atoms with Crippen LogP contribution in [0.5, 0.6) is 0 Å². The van der Waals surface area contributed by atoms with Crippen LogP contribution in [0.3, 0.4) is 0 Å². The van der Waals surface area contributed by atoms with E-state index >= 15 is 0 Å². The standard InChI is InChI=1S/C18H23NO/c1-3-19(16-10-5-4-6-11-16)14-13-18(20)17-12-8-7-9-15(17)2/h4-12,18,20H,3,13-14H2,1-2H3. The highest BCUT2D eigenvalue weighted by Gasteiger charge is 2.12. The molecule has 0 radical (unpaired) electrons. The van der Waals surface area contributed by atoms with Gasteiger partial charge in [-0.15, -0.1) is 0 Å². The van der Waals surface area contributed by atoms with Gasteiger partial charge in [0.05, 0.1) is 6.10 Å². The largest absolute Gasteiger partial charge is 0.388 e. The van der Waals surface area contributed by atoms with Crippen molar-refractivity contribution in [2.24, 2.45) is 0 Å². The van der Waals surface area contributed by atoms with E-state index in [2.05, 4.69) is 36.1 Å². The fourth-order valence-electron chi connectivity index (χ4n) is 2.50. The van der Waals surface area contributed by atoms with Crippen LogP contribution in [0.4, 0.5) is 5.69 Å². The summed E-state index contributed by atoms with van der Waals surface area (Å²) >= 11 is 0. The lowest BCUT2D eigenvalue weighted by atomic mass is 10.0. The molecule has 0 aliphatic heterocycles. The van der Waals surface area contributed by atoms with Crippen LogP contribution in [0, 0.1) is 6.92 Å². The van der Waals surface area contributed by atoms with Gasteiger partial charge < -0.3 is 10.0 Å². The van der Waals surface area contributed by atoms with Crippen molar-refractivity contribution in [3.05, 3.63) is 65.7 Å². The van der Waals surface area contributed by atoms with Crippen LogP contribution in [0.15, 0.2) is 54.6 Å². The molecular weight excluding hydrogens is 246 g/mol. The zero-order valence-electron chi connectivity index (χ0n) is 12.3. The highest BCUT2D eigenvalue weighted by molar-refractivity contribution is 5.45. The first kappa shape index (κ1) is 14.6. The van der Waals surface area contributed by atoms with Gasteiger partial charge in [0.15, 0.2) is 0 Å². The minimum absolute atomic E-state index is 0.394. The van der Waals surface area contributed by atoms with Crippen molar-refractivity contribution in [2.75, 3.05) is 18.0 Å². The smallest absolute Gasteiger partial charge is 0.0809 e. The van der Waals surface area contributed by atoms with Crippen LogP contribution >= 0.6 is 0 Å². The summed E-state index contributed by atoms with van der Waals surface area (Å²) in [6, 6.07) is 18.4. The van der Waals surface area contributed by atoms with E-state index in [9.17, 15) is 5.11 Å². The number of aryl methyl sites for hydroxylation is 1. The summed E-state index contributed by atoms with van der Waals surface area (Å²) in [6.45, 7) is 6.00. The van der Waals surface area contributed by atoms with Gasteiger partial charge in [-0.2, -0.15) is 0 Å². The second-order valence-electron chi connectivity index (χ2n) is 5.08. The zero-order valence-corrected chi connectivity index (χ0v) is 12.3. The molecule has 2 rings (SSSR count). The molecule has 0 heterocycles. The van der Waals surface area contributed by atoms with Gasteiger partial charge in [-0.05, 0) is 43.5 Å². The van der Waals surface area contributed by atoms with E-state index < -0.39 is 6.10 Å². The van der Waals surface area contributed by atoms with Gasteiger partial charge in [-0.3, -0.25) is 0 Å². The maximum atomic E-state index is 10.4. The van der Waals surface area contributed by atoms with E-state index in [1.165, 1.54) is 5.69 Å². The van der Waals surface area contributed by atoms with E-state index in [0.717, 1.165) is 30.6 Å². The number of aliphatic hydroxyl groups is 1. The quantitative estimate of drug-likeness (QED) is 0.858. The van der Waals surface area contributed by atoms with E-state index in [4.69, 9.17) is 0 Å². The fourth-order valence-corrected chi connectivity index (χ4v) is 2.50. The number of nitrogens with zero attached hydrogens (tertiary/aromatic N) is 1. The topological polar surface area (TPSA) is 23.5 Å². The van der Waals surface area contributed by atoms with Crippen LogP contribution in [0.1, 0.15) is 30.6 Å². The SMILES string of the molecule is CCN(CCC(O)c1ccccc1C)c1ccccc1. The van der Waals surface area contributed by atoms with E-state index in [1.54, 1.807) is 0 Å². The number of hydrogen-bond donors (Lipinski definition) is 1. The Bertz CT molecular complexity index is 524. The summed E-state index contributed by atoms with van der Waals surface area (Å²) < 4.78 is 0. The van der Waals surface area contributed by atoms with E-state index in [0.29, 0.717) is 0 Å². The monoisotopic (exact) mass is 269 g/mol. The Hall–Kier alpha value is -1.80. The number of para-hydroxylation sites is 1. The number of hydrogen-bond acceptors (Lipinski definition) is 2. The van der Waals surface area contributed by atoms with Crippen LogP contribution in [0.2, 0.25) is 0 Å². The summed E-state index contributed by atoms with van der Waals surface area (Å²) in [5.74, 6) is 0. The van der Waals surface area contributed by atoms with Gasteiger partial charge in [0, 0.05) is 18.8 Å². The number of aliphatic hydroxyl groups excluding tert-OH is 1. The maximum absolute atomic E-state index is 10.4. The Labute approximate surface area is 121 Å². The Kier molecular flexibility index (Phi) is 5.19. The molecule has 106 valence electrons. The van der Waals surface area contributed by atoms with Gasteiger partial charge in [0.1, 0.15) is 0 Å². The first-order valence-corrected chi connectivity index (χ1v) is 7.26. The molecule has 0 spiro atoms. The van der Waals surface area contributed by atoms with Gasteiger partial charge in [0.2, 0.25) is 0 Å². The number of rotatable bonds is 6. The van der Waals surface area contributed by atoms with Gasteiger partial charge in [-0.25, -0.2) is 0 Å². The second kappa shape index (κ2) is 7.11. The third-order valence-electron chi connectivity index (χ3n) is 3.72. The molecule has 0 amide bonds. The molecule has 0 saturated heterocycles. The lowest BCUT2D eigenvalue weighted by Crippen LogP contribution is -2.25. The summed E-state index contributed by atoms with van der Waals surface area (Å²) in [7, 11) is 0. The van der Waals surface area contributed by atoms with E-state index in [1.807, 2.05) is 37.3 Å². The predicted octanol–water partition coefficient (Wildman–Crippen LogP) is 3.95. The minimum atomic E-state index is -0.394. The number of benzene rings is 2. The molecule has 0 saturated carbocycles. The Morgan fingerprint density at radius 1 is 1.00 bits per heavy atom. The molecule has 0 bridgehead atoms. The molecule has 20 heavy (non-hydrogen) atoms.